The molecule has 1 amide bonds. The lowest BCUT2D eigenvalue weighted by atomic mass is 10.1. The second-order valence-corrected chi connectivity index (χ2v) is 7.42. The quantitative estimate of drug-likeness (QED) is 0.570. The summed E-state index contributed by atoms with van der Waals surface area (Å²) in [6.07, 6.45) is 5.48. The second-order valence-electron chi connectivity index (χ2n) is 7.42. The molecule has 0 spiro atoms. The Balaban J connectivity index is 1.29. The largest absolute Gasteiger partial charge is 0.343 e. The van der Waals surface area contributed by atoms with E-state index in [-0.39, 0.29) is 5.91 Å². The number of nitrogens with one attached hydrogen (secondary N) is 1. The molecule has 0 saturated carbocycles. The molecule has 7 nitrogen and oxygen atoms in total. The summed E-state index contributed by atoms with van der Waals surface area (Å²) in [5.41, 5.74) is 4.58. The van der Waals surface area contributed by atoms with Crippen LogP contribution in [-0.2, 0) is 11.2 Å². The maximum Gasteiger partial charge on any atom is 0.222 e. The zero-order valence-electron chi connectivity index (χ0n) is 16.1. The van der Waals surface area contributed by atoms with Crippen molar-refractivity contribution in [2.45, 2.75) is 25.7 Å². The molecule has 2 aromatic carbocycles. The number of carbonyl (C=O) groups excluding carboxylic acids is 1. The summed E-state index contributed by atoms with van der Waals surface area (Å²) in [7, 11) is 0. The second kappa shape index (κ2) is 7.50. The molecule has 7 heteroatoms. The van der Waals surface area contributed by atoms with Crippen LogP contribution < -0.4 is 0 Å². The zero-order valence-corrected chi connectivity index (χ0v) is 16.1. The molecule has 1 saturated heterocycles. The highest BCUT2D eigenvalue weighted by atomic mass is 16.2. The van der Waals surface area contributed by atoms with Gasteiger partial charge in [0, 0.05) is 24.9 Å². The Kier molecular flexibility index (Phi) is 4.56. The number of fused-ring (bicyclic) bond motifs is 1. The third-order valence-corrected chi connectivity index (χ3v) is 5.49. The molecule has 3 heterocycles. The van der Waals surface area contributed by atoms with Crippen LogP contribution in [0.1, 0.15) is 24.8 Å². The molecule has 5 rings (SSSR count). The summed E-state index contributed by atoms with van der Waals surface area (Å²) in [5, 5.41) is 17.0. The molecule has 0 atom stereocenters. The number of aryl methyl sites for hydroxylation is 1. The van der Waals surface area contributed by atoms with E-state index in [9.17, 15) is 4.79 Å². The fourth-order valence-corrected chi connectivity index (χ4v) is 3.85. The lowest BCUT2D eigenvalue weighted by Gasteiger charge is -2.14. The lowest BCUT2D eigenvalue weighted by Crippen LogP contribution is -2.27. The third kappa shape index (κ3) is 3.51. The van der Waals surface area contributed by atoms with Crippen molar-refractivity contribution < 1.29 is 4.79 Å². The minimum absolute atomic E-state index is 0.263. The van der Waals surface area contributed by atoms with E-state index in [2.05, 4.69) is 32.6 Å². The number of hydrogen-bond acceptors (Lipinski definition) is 4. The minimum atomic E-state index is 0.263. The number of rotatable bonds is 5. The van der Waals surface area contributed by atoms with Gasteiger partial charge in [0.15, 0.2) is 0 Å². The summed E-state index contributed by atoms with van der Waals surface area (Å²) in [6.45, 7) is 1.83. The van der Waals surface area contributed by atoms with Gasteiger partial charge in [-0.2, -0.15) is 5.10 Å². The van der Waals surface area contributed by atoms with Crippen molar-refractivity contribution in [1.29, 1.82) is 0 Å². The molecule has 146 valence electrons. The van der Waals surface area contributed by atoms with Gasteiger partial charge < -0.3 is 4.90 Å². The topological polar surface area (TPSA) is 79.7 Å². The Morgan fingerprint density at radius 2 is 1.83 bits per heavy atom. The van der Waals surface area contributed by atoms with Crippen LogP contribution in [0.2, 0.25) is 0 Å². The molecule has 0 aliphatic carbocycles. The van der Waals surface area contributed by atoms with Crippen LogP contribution in [0.3, 0.4) is 0 Å². The summed E-state index contributed by atoms with van der Waals surface area (Å²) in [4.78, 5) is 14.2. The zero-order chi connectivity index (χ0) is 19.6. The van der Waals surface area contributed by atoms with E-state index in [4.69, 9.17) is 0 Å². The maximum absolute atomic E-state index is 12.2. The van der Waals surface area contributed by atoms with Crippen molar-refractivity contribution in [2.24, 2.45) is 0 Å². The van der Waals surface area contributed by atoms with E-state index in [0.717, 1.165) is 65.9 Å². The number of aromatic nitrogens is 5. The van der Waals surface area contributed by atoms with Crippen molar-refractivity contribution in [3.8, 4) is 17.1 Å². The highest BCUT2D eigenvalue weighted by Crippen LogP contribution is 2.24. The standard InChI is InChI=1S/C22H22N6O/c29-21(27-13-3-4-14-27)12-9-16-7-10-17(11-8-16)28-15-20(24-26-28)22-18-5-1-2-6-19(18)23-25-22/h1-2,5-8,10-11,15H,3-4,9,12-14H2,(H,23,25). The van der Waals surface area contributed by atoms with E-state index in [0.29, 0.717) is 6.42 Å². The fraction of sp³-hybridized carbons (Fsp3) is 0.273. The van der Waals surface area contributed by atoms with Crippen LogP contribution in [-0.4, -0.2) is 49.1 Å². The van der Waals surface area contributed by atoms with Gasteiger partial charge in [-0.1, -0.05) is 35.5 Å². The highest BCUT2D eigenvalue weighted by molar-refractivity contribution is 5.91. The maximum atomic E-state index is 12.2. The molecule has 1 aliphatic rings. The van der Waals surface area contributed by atoms with E-state index in [1.54, 1.807) is 4.68 Å². The van der Waals surface area contributed by atoms with Crippen LogP contribution in [0.15, 0.2) is 54.7 Å². The number of nitrogens with zero attached hydrogens (tertiary/aromatic N) is 5. The van der Waals surface area contributed by atoms with Crippen LogP contribution in [0, 0.1) is 0 Å². The predicted octanol–water partition coefficient (Wildman–Crippen LogP) is 3.37. The Hall–Kier alpha value is -3.48. The number of para-hydroxylation sites is 1. The number of benzene rings is 2. The van der Waals surface area contributed by atoms with Gasteiger partial charge in [-0.3, -0.25) is 9.89 Å². The minimum Gasteiger partial charge on any atom is -0.343 e. The number of amides is 1. The van der Waals surface area contributed by atoms with E-state index >= 15 is 0 Å². The van der Waals surface area contributed by atoms with Crippen LogP contribution in [0.5, 0.6) is 0 Å². The van der Waals surface area contributed by atoms with Crippen LogP contribution in [0.4, 0.5) is 0 Å². The first-order valence-corrected chi connectivity index (χ1v) is 10.0. The highest BCUT2D eigenvalue weighted by Gasteiger charge is 2.17. The van der Waals surface area contributed by atoms with Gasteiger partial charge in [-0.25, -0.2) is 4.68 Å². The van der Waals surface area contributed by atoms with Crippen molar-refractivity contribution in [1.82, 2.24) is 30.1 Å². The van der Waals surface area contributed by atoms with E-state index < -0.39 is 0 Å². The molecule has 4 aromatic rings. The average Bonchev–Trinajstić information content (AvgIpc) is 3.52. The number of aromatic amines is 1. The van der Waals surface area contributed by atoms with Gasteiger partial charge in [0.25, 0.3) is 0 Å². The van der Waals surface area contributed by atoms with Gasteiger partial charge in [0.1, 0.15) is 11.4 Å². The molecular formula is C22H22N6O. The molecule has 1 fully saturated rings. The predicted molar refractivity (Wildman–Crippen MR) is 111 cm³/mol. The van der Waals surface area contributed by atoms with Gasteiger partial charge in [-0.15, -0.1) is 5.10 Å². The molecule has 0 radical (unpaired) electrons. The van der Waals surface area contributed by atoms with Crippen molar-refractivity contribution in [2.75, 3.05) is 13.1 Å². The van der Waals surface area contributed by atoms with Gasteiger partial charge in [0.2, 0.25) is 5.91 Å². The van der Waals surface area contributed by atoms with Crippen molar-refractivity contribution in [3.05, 3.63) is 60.3 Å². The molecule has 0 unspecified atom stereocenters. The van der Waals surface area contributed by atoms with Gasteiger partial charge in [-0.05, 0) is 43.0 Å². The van der Waals surface area contributed by atoms with E-state index in [1.165, 1.54) is 0 Å². The molecule has 2 aromatic heterocycles. The monoisotopic (exact) mass is 386 g/mol. The summed E-state index contributed by atoms with van der Waals surface area (Å²) in [5.74, 6) is 0.263. The normalized spacial score (nSPS) is 14.0. The van der Waals surface area contributed by atoms with Crippen molar-refractivity contribution in [3.63, 3.8) is 0 Å². The average molecular weight is 386 g/mol. The van der Waals surface area contributed by atoms with E-state index in [1.807, 2.05) is 47.5 Å². The molecule has 29 heavy (non-hydrogen) atoms. The fourth-order valence-electron chi connectivity index (χ4n) is 3.85. The summed E-state index contributed by atoms with van der Waals surface area (Å²) >= 11 is 0. The summed E-state index contributed by atoms with van der Waals surface area (Å²) in [6, 6.07) is 16.1. The molecule has 0 bridgehead atoms. The Morgan fingerprint density at radius 1 is 1.03 bits per heavy atom. The molecular weight excluding hydrogens is 364 g/mol. The Labute approximate surface area is 168 Å². The van der Waals surface area contributed by atoms with Gasteiger partial charge >= 0.3 is 0 Å². The number of likely N-dealkylation sites (tertiary alicyclic amines) is 1. The van der Waals surface area contributed by atoms with Crippen molar-refractivity contribution >= 4 is 16.8 Å². The SMILES string of the molecule is O=C(CCc1ccc(-n2cc(-c3n[nH]c4ccccc34)nn2)cc1)N1CCCC1. The first-order chi connectivity index (χ1) is 14.3. The number of carbonyl (C=O) groups is 1. The first-order valence-electron chi connectivity index (χ1n) is 10.0. The molecule has 1 N–H and O–H groups in total. The van der Waals surface area contributed by atoms with Gasteiger partial charge in [0.05, 0.1) is 17.4 Å². The lowest BCUT2D eigenvalue weighted by molar-refractivity contribution is -0.130. The smallest absolute Gasteiger partial charge is 0.222 e. The Morgan fingerprint density at radius 3 is 2.66 bits per heavy atom. The Bertz CT molecular complexity index is 1140. The summed E-state index contributed by atoms with van der Waals surface area (Å²) < 4.78 is 1.75. The first kappa shape index (κ1) is 17.6. The number of H-pyrrole nitrogens is 1. The number of hydrogen-bond donors (Lipinski definition) is 1. The van der Waals surface area contributed by atoms with Crippen LogP contribution in [0.25, 0.3) is 28.0 Å². The van der Waals surface area contributed by atoms with Crippen LogP contribution >= 0.6 is 0 Å². The molecule has 1 aliphatic heterocycles. The third-order valence-electron chi connectivity index (χ3n) is 5.49.